The molecule has 2 rings (SSSR count). The lowest BCUT2D eigenvalue weighted by Crippen LogP contribution is -2.24. The average molecular weight is 208 g/mol. The summed E-state index contributed by atoms with van der Waals surface area (Å²) in [5.41, 5.74) is 1.29. The highest BCUT2D eigenvalue weighted by atomic mass is 14.0. The second-order valence-electron chi connectivity index (χ2n) is 4.00. The number of hydrogen-bond donors (Lipinski definition) is 0. The van der Waals surface area contributed by atoms with E-state index in [1.807, 2.05) is 13.0 Å². The molecule has 0 spiro atoms. The Balaban J connectivity index is 2.98. The Bertz CT molecular complexity index is 646. The SMILES string of the molecule is C=c1cc(C)c2ccccc2/c1=C/C=C\C. The van der Waals surface area contributed by atoms with Gasteiger partial charge in [-0.05, 0) is 40.6 Å². The van der Waals surface area contributed by atoms with E-state index in [2.05, 4.69) is 56.0 Å². The molecule has 0 amide bonds. The van der Waals surface area contributed by atoms with Crippen molar-refractivity contribution in [1.29, 1.82) is 0 Å². The minimum absolute atomic E-state index is 1.09. The summed E-state index contributed by atoms with van der Waals surface area (Å²) in [7, 11) is 0. The van der Waals surface area contributed by atoms with Crippen molar-refractivity contribution in [3.05, 3.63) is 58.5 Å². The molecule has 0 heterocycles. The van der Waals surface area contributed by atoms with Crippen LogP contribution in [0.25, 0.3) is 23.4 Å². The number of fused-ring (bicyclic) bond motifs is 1. The van der Waals surface area contributed by atoms with Crippen LogP contribution in [-0.4, -0.2) is 0 Å². The normalized spacial score (nSPS) is 12.8. The summed E-state index contributed by atoms with van der Waals surface area (Å²) in [6, 6.07) is 10.6. The highest BCUT2D eigenvalue weighted by Crippen LogP contribution is 2.12. The van der Waals surface area contributed by atoms with Crippen LogP contribution in [0, 0.1) is 6.92 Å². The molecule has 0 aliphatic heterocycles. The molecule has 0 aliphatic rings. The number of benzene rings is 2. The van der Waals surface area contributed by atoms with Gasteiger partial charge in [-0.25, -0.2) is 0 Å². The fourth-order valence-electron chi connectivity index (χ4n) is 2.04. The molecule has 0 bridgehead atoms. The van der Waals surface area contributed by atoms with E-state index in [-0.39, 0.29) is 0 Å². The number of hydrogen-bond acceptors (Lipinski definition) is 0. The Morgan fingerprint density at radius 1 is 1.12 bits per heavy atom. The molecule has 2 aromatic carbocycles. The lowest BCUT2D eigenvalue weighted by molar-refractivity contribution is 1.47. The fraction of sp³-hybridized carbons (Fsp3) is 0.125. The number of allylic oxidation sites excluding steroid dienone is 2. The molecule has 0 nitrogen and oxygen atoms in total. The van der Waals surface area contributed by atoms with E-state index in [9.17, 15) is 0 Å². The standard InChI is InChI=1S/C16H16/c1-4-5-8-14-12(2)11-13(3)15-9-6-7-10-16(14)15/h4-11H,2H2,1,3H3/b5-4-,14-8+. The summed E-state index contributed by atoms with van der Waals surface area (Å²) in [5.74, 6) is 0. The first-order chi connectivity index (χ1) is 7.74. The molecule has 16 heavy (non-hydrogen) atoms. The van der Waals surface area contributed by atoms with Crippen LogP contribution < -0.4 is 10.4 Å². The topological polar surface area (TPSA) is 0 Å². The van der Waals surface area contributed by atoms with Gasteiger partial charge in [-0.1, -0.05) is 55.1 Å². The second kappa shape index (κ2) is 4.36. The first-order valence-electron chi connectivity index (χ1n) is 5.54. The molecule has 0 fully saturated rings. The van der Waals surface area contributed by atoms with Crippen molar-refractivity contribution >= 4 is 23.4 Å². The molecule has 80 valence electrons. The Hall–Kier alpha value is -1.82. The van der Waals surface area contributed by atoms with E-state index in [1.54, 1.807) is 0 Å². The van der Waals surface area contributed by atoms with E-state index < -0.39 is 0 Å². The van der Waals surface area contributed by atoms with Crippen molar-refractivity contribution < 1.29 is 0 Å². The smallest absolute Gasteiger partial charge is 0.0103 e. The van der Waals surface area contributed by atoms with Gasteiger partial charge in [0.2, 0.25) is 0 Å². The fourth-order valence-corrected chi connectivity index (χ4v) is 2.04. The molecule has 0 aliphatic carbocycles. The summed E-state index contributed by atoms with van der Waals surface area (Å²) < 4.78 is 0. The molecule has 0 N–H and O–H groups in total. The summed E-state index contributed by atoms with van der Waals surface area (Å²) in [6.45, 7) is 8.28. The minimum atomic E-state index is 1.09. The Morgan fingerprint density at radius 3 is 2.50 bits per heavy atom. The lowest BCUT2D eigenvalue weighted by atomic mass is 10.0. The maximum absolute atomic E-state index is 4.12. The van der Waals surface area contributed by atoms with Gasteiger partial charge in [-0.3, -0.25) is 0 Å². The van der Waals surface area contributed by atoms with Crippen LogP contribution in [0.5, 0.6) is 0 Å². The molecule has 0 unspecified atom stereocenters. The van der Waals surface area contributed by atoms with Crippen LogP contribution in [0.2, 0.25) is 0 Å². The van der Waals surface area contributed by atoms with Crippen LogP contribution in [0.1, 0.15) is 12.5 Å². The van der Waals surface area contributed by atoms with Crippen molar-refractivity contribution in [3.63, 3.8) is 0 Å². The zero-order valence-corrected chi connectivity index (χ0v) is 9.83. The first-order valence-corrected chi connectivity index (χ1v) is 5.54. The van der Waals surface area contributed by atoms with Crippen molar-refractivity contribution in [1.82, 2.24) is 0 Å². The van der Waals surface area contributed by atoms with Crippen LogP contribution >= 0.6 is 0 Å². The lowest BCUT2D eigenvalue weighted by Gasteiger charge is -2.03. The zero-order chi connectivity index (χ0) is 11.5. The Labute approximate surface area is 96.2 Å². The van der Waals surface area contributed by atoms with Gasteiger partial charge in [-0.2, -0.15) is 0 Å². The minimum Gasteiger partial charge on any atom is -0.0911 e. The molecule has 0 heteroatoms. The average Bonchev–Trinajstić information content (AvgIpc) is 2.29. The first kappa shape index (κ1) is 10.7. The molecular weight excluding hydrogens is 192 g/mol. The van der Waals surface area contributed by atoms with Gasteiger partial charge in [0.1, 0.15) is 0 Å². The maximum Gasteiger partial charge on any atom is -0.0103 e. The highest BCUT2D eigenvalue weighted by Gasteiger charge is 1.98. The molecule has 0 saturated heterocycles. The molecule has 0 saturated carbocycles. The van der Waals surface area contributed by atoms with E-state index in [1.165, 1.54) is 21.6 Å². The van der Waals surface area contributed by atoms with E-state index in [4.69, 9.17) is 0 Å². The predicted octanol–water partition coefficient (Wildman–Crippen LogP) is 2.92. The van der Waals surface area contributed by atoms with Gasteiger partial charge in [0.25, 0.3) is 0 Å². The monoisotopic (exact) mass is 208 g/mol. The molecule has 0 radical (unpaired) electrons. The summed E-state index contributed by atoms with van der Waals surface area (Å²) >= 11 is 0. The van der Waals surface area contributed by atoms with Gasteiger partial charge >= 0.3 is 0 Å². The predicted molar refractivity (Wildman–Crippen MR) is 72.7 cm³/mol. The highest BCUT2D eigenvalue weighted by molar-refractivity contribution is 5.87. The Morgan fingerprint density at radius 2 is 1.81 bits per heavy atom. The third-order valence-electron chi connectivity index (χ3n) is 2.83. The van der Waals surface area contributed by atoms with Crippen molar-refractivity contribution in [3.8, 4) is 0 Å². The number of aryl methyl sites for hydroxylation is 1. The van der Waals surface area contributed by atoms with Crippen LogP contribution in [0.4, 0.5) is 0 Å². The van der Waals surface area contributed by atoms with Gasteiger partial charge in [0, 0.05) is 0 Å². The van der Waals surface area contributed by atoms with Crippen LogP contribution in [0.3, 0.4) is 0 Å². The van der Waals surface area contributed by atoms with Crippen molar-refractivity contribution in [2.45, 2.75) is 13.8 Å². The van der Waals surface area contributed by atoms with Crippen molar-refractivity contribution in [2.75, 3.05) is 0 Å². The Kier molecular flexibility index (Phi) is 2.91. The zero-order valence-electron chi connectivity index (χ0n) is 9.83. The quantitative estimate of drug-likeness (QED) is 0.676. The van der Waals surface area contributed by atoms with Gasteiger partial charge in [0.15, 0.2) is 0 Å². The third kappa shape index (κ3) is 1.79. The van der Waals surface area contributed by atoms with Crippen molar-refractivity contribution in [2.24, 2.45) is 0 Å². The summed E-state index contributed by atoms with van der Waals surface area (Å²) in [4.78, 5) is 0. The van der Waals surface area contributed by atoms with Crippen LogP contribution in [0.15, 0.2) is 42.5 Å². The third-order valence-corrected chi connectivity index (χ3v) is 2.83. The molecular formula is C16H16. The van der Waals surface area contributed by atoms with Gasteiger partial charge < -0.3 is 0 Å². The number of rotatable bonds is 1. The summed E-state index contributed by atoms with van der Waals surface area (Å²) in [5, 5.41) is 4.91. The van der Waals surface area contributed by atoms with E-state index in [0.717, 1.165) is 5.22 Å². The van der Waals surface area contributed by atoms with E-state index >= 15 is 0 Å². The summed E-state index contributed by atoms with van der Waals surface area (Å²) in [6.07, 6.45) is 6.23. The van der Waals surface area contributed by atoms with Gasteiger partial charge in [-0.15, -0.1) is 0 Å². The molecule has 0 atom stereocenters. The second-order valence-corrected chi connectivity index (χ2v) is 4.00. The molecule has 2 aromatic rings. The van der Waals surface area contributed by atoms with Crippen LogP contribution in [-0.2, 0) is 0 Å². The molecule has 0 aromatic heterocycles. The largest absolute Gasteiger partial charge is 0.0911 e. The van der Waals surface area contributed by atoms with E-state index in [0.29, 0.717) is 0 Å². The van der Waals surface area contributed by atoms with Gasteiger partial charge in [0.05, 0.1) is 0 Å². The maximum atomic E-state index is 4.12.